The molecule has 0 aliphatic heterocycles. The number of nitrogens with two attached hydrogens (primary N) is 1. The van der Waals surface area contributed by atoms with Crippen LogP contribution in [-0.2, 0) is 0 Å². The third kappa shape index (κ3) is 2.58. The summed E-state index contributed by atoms with van der Waals surface area (Å²) in [5, 5.41) is 0.733. The van der Waals surface area contributed by atoms with Crippen molar-refractivity contribution in [3.05, 3.63) is 69.2 Å². The number of hydrogen-bond donors (Lipinski definition) is 1. The van der Waals surface area contributed by atoms with Gasteiger partial charge in [0.2, 0.25) is 0 Å². The molecule has 2 aromatic carbocycles. The Kier molecular flexibility index (Phi) is 3.74. The Morgan fingerprint density at radius 3 is 2.11 bits per heavy atom. The van der Waals surface area contributed by atoms with Gasteiger partial charge in [0.25, 0.3) is 0 Å². The van der Waals surface area contributed by atoms with Gasteiger partial charge in [-0.15, -0.1) is 0 Å². The van der Waals surface area contributed by atoms with Crippen molar-refractivity contribution in [2.45, 2.75) is 26.8 Å². The fraction of sp³-hybridized carbons (Fsp3) is 0.250. The Morgan fingerprint density at radius 2 is 1.44 bits per heavy atom. The highest BCUT2D eigenvalue weighted by Gasteiger charge is 2.14. The monoisotopic (exact) mass is 259 g/mol. The first kappa shape index (κ1) is 13.1. The van der Waals surface area contributed by atoms with Gasteiger partial charge in [0.15, 0.2) is 0 Å². The van der Waals surface area contributed by atoms with Crippen LogP contribution < -0.4 is 5.73 Å². The molecule has 0 aromatic heterocycles. The van der Waals surface area contributed by atoms with Crippen LogP contribution in [0.2, 0.25) is 5.02 Å². The van der Waals surface area contributed by atoms with Crippen LogP contribution in [0.1, 0.15) is 33.9 Å². The molecular weight excluding hydrogens is 242 g/mol. The van der Waals surface area contributed by atoms with Crippen molar-refractivity contribution in [3.63, 3.8) is 0 Å². The van der Waals surface area contributed by atoms with Gasteiger partial charge in [0.1, 0.15) is 0 Å². The molecule has 0 aliphatic rings. The van der Waals surface area contributed by atoms with E-state index in [0.29, 0.717) is 0 Å². The van der Waals surface area contributed by atoms with E-state index in [1.807, 2.05) is 18.2 Å². The lowest BCUT2D eigenvalue weighted by molar-refractivity contribution is 0.851. The minimum Gasteiger partial charge on any atom is -0.320 e. The molecule has 1 unspecified atom stereocenters. The van der Waals surface area contributed by atoms with Crippen molar-refractivity contribution in [1.29, 1.82) is 0 Å². The van der Waals surface area contributed by atoms with Crippen LogP contribution in [0.15, 0.2) is 36.4 Å². The van der Waals surface area contributed by atoms with Crippen molar-refractivity contribution in [2.75, 3.05) is 0 Å². The minimum absolute atomic E-state index is 0.122. The Labute approximate surface area is 114 Å². The third-order valence-electron chi connectivity index (χ3n) is 3.35. The van der Waals surface area contributed by atoms with Crippen molar-refractivity contribution >= 4 is 11.6 Å². The highest BCUT2D eigenvalue weighted by atomic mass is 35.5. The summed E-state index contributed by atoms with van der Waals surface area (Å²) in [6.45, 7) is 6.24. The molecule has 18 heavy (non-hydrogen) atoms. The smallest absolute Gasteiger partial charge is 0.0557 e. The summed E-state index contributed by atoms with van der Waals surface area (Å²) in [6.07, 6.45) is 0. The van der Waals surface area contributed by atoms with Crippen LogP contribution in [0.3, 0.4) is 0 Å². The van der Waals surface area contributed by atoms with E-state index in [4.69, 9.17) is 17.3 Å². The van der Waals surface area contributed by atoms with E-state index in [0.717, 1.165) is 10.6 Å². The summed E-state index contributed by atoms with van der Waals surface area (Å²) in [5.74, 6) is 0. The summed E-state index contributed by atoms with van der Waals surface area (Å²) in [7, 11) is 0. The normalized spacial score (nSPS) is 12.5. The van der Waals surface area contributed by atoms with Crippen LogP contribution in [0.5, 0.6) is 0 Å². The molecule has 0 spiro atoms. The lowest BCUT2D eigenvalue weighted by Crippen LogP contribution is -2.14. The first-order chi connectivity index (χ1) is 8.49. The molecule has 94 valence electrons. The van der Waals surface area contributed by atoms with Gasteiger partial charge >= 0.3 is 0 Å². The summed E-state index contributed by atoms with van der Waals surface area (Å²) in [5.41, 5.74) is 12.3. The van der Waals surface area contributed by atoms with E-state index in [1.54, 1.807) is 0 Å². The minimum atomic E-state index is -0.122. The molecule has 0 heterocycles. The van der Waals surface area contributed by atoms with Gasteiger partial charge < -0.3 is 5.73 Å². The van der Waals surface area contributed by atoms with E-state index in [1.165, 1.54) is 22.3 Å². The Bertz CT molecular complexity index is 524. The third-order valence-corrected chi connectivity index (χ3v) is 3.58. The Morgan fingerprint density at radius 1 is 0.889 bits per heavy atom. The van der Waals surface area contributed by atoms with Crippen LogP contribution in [0, 0.1) is 20.8 Å². The molecule has 2 rings (SSSR count). The molecular formula is C16H18ClN. The number of rotatable bonds is 2. The second kappa shape index (κ2) is 5.13. The standard InChI is InChI=1S/C16H18ClN/c1-10-4-5-11(2)14(8-10)16(18)15-9-13(17)7-6-12(15)3/h4-9,16H,18H2,1-3H3. The average Bonchev–Trinajstić information content (AvgIpc) is 2.34. The van der Waals surface area contributed by atoms with Gasteiger partial charge in [-0.2, -0.15) is 0 Å². The Balaban J connectivity index is 2.50. The molecule has 2 N–H and O–H groups in total. The maximum Gasteiger partial charge on any atom is 0.0557 e. The highest BCUT2D eigenvalue weighted by Crippen LogP contribution is 2.28. The topological polar surface area (TPSA) is 26.0 Å². The van der Waals surface area contributed by atoms with Crippen LogP contribution in [-0.4, -0.2) is 0 Å². The van der Waals surface area contributed by atoms with Gasteiger partial charge in [0.05, 0.1) is 6.04 Å². The number of hydrogen-bond acceptors (Lipinski definition) is 1. The van der Waals surface area contributed by atoms with Crippen molar-refractivity contribution < 1.29 is 0 Å². The zero-order chi connectivity index (χ0) is 13.3. The van der Waals surface area contributed by atoms with E-state index < -0.39 is 0 Å². The van der Waals surface area contributed by atoms with Gasteiger partial charge in [-0.05, 0) is 55.2 Å². The van der Waals surface area contributed by atoms with E-state index >= 15 is 0 Å². The number of aryl methyl sites for hydroxylation is 3. The van der Waals surface area contributed by atoms with Crippen LogP contribution >= 0.6 is 11.6 Å². The molecule has 0 amide bonds. The van der Waals surface area contributed by atoms with E-state index in [9.17, 15) is 0 Å². The highest BCUT2D eigenvalue weighted by molar-refractivity contribution is 6.30. The Hall–Kier alpha value is -1.31. The van der Waals surface area contributed by atoms with E-state index in [-0.39, 0.29) is 6.04 Å². The molecule has 1 nitrogen and oxygen atoms in total. The van der Waals surface area contributed by atoms with Crippen molar-refractivity contribution in [1.82, 2.24) is 0 Å². The summed E-state index contributed by atoms with van der Waals surface area (Å²) >= 11 is 6.06. The molecule has 0 aliphatic carbocycles. The largest absolute Gasteiger partial charge is 0.320 e. The lowest BCUT2D eigenvalue weighted by Gasteiger charge is -2.18. The first-order valence-corrected chi connectivity index (χ1v) is 6.45. The van der Waals surface area contributed by atoms with Crippen LogP contribution in [0.25, 0.3) is 0 Å². The molecule has 0 fully saturated rings. The second-order valence-corrected chi connectivity index (χ2v) is 5.28. The zero-order valence-electron chi connectivity index (χ0n) is 11.0. The quantitative estimate of drug-likeness (QED) is 0.854. The average molecular weight is 260 g/mol. The molecule has 1 atom stereocenters. The fourth-order valence-electron chi connectivity index (χ4n) is 2.21. The SMILES string of the molecule is Cc1ccc(C)c(C(N)c2cc(Cl)ccc2C)c1. The first-order valence-electron chi connectivity index (χ1n) is 6.08. The van der Waals surface area contributed by atoms with Gasteiger partial charge in [-0.25, -0.2) is 0 Å². The number of halogens is 1. The summed E-state index contributed by atoms with van der Waals surface area (Å²) in [6, 6.07) is 12.1. The molecule has 0 radical (unpaired) electrons. The summed E-state index contributed by atoms with van der Waals surface area (Å²) < 4.78 is 0. The number of benzene rings is 2. The van der Waals surface area contributed by atoms with Crippen LogP contribution in [0.4, 0.5) is 0 Å². The molecule has 0 saturated carbocycles. The molecule has 0 bridgehead atoms. The van der Waals surface area contributed by atoms with Gasteiger partial charge in [-0.3, -0.25) is 0 Å². The van der Waals surface area contributed by atoms with Gasteiger partial charge in [-0.1, -0.05) is 41.4 Å². The zero-order valence-corrected chi connectivity index (χ0v) is 11.8. The molecule has 2 heteroatoms. The predicted molar refractivity (Wildman–Crippen MR) is 78.1 cm³/mol. The van der Waals surface area contributed by atoms with Crippen molar-refractivity contribution in [3.8, 4) is 0 Å². The predicted octanol–water partition coefficient (Wildman–Crippen LogP) is 4.31. The molecule has 2 aromatic rings. The fourth-order valence-corrected chi connectivity index (χ4v) is 2.39. The second-order valence-electron chi connectivity index (χ2n) is 4.84. The van der Waals surface area contributed by atoms with Gasteiger partial charge in [0, 0.05) is 5.02 Å². The molecule has 0 saturated heterocycles. The summed E-state index contributed by atoms with van der Waals surface area (Å²) in [4.78, 5) is 0. The maximum absolute atomic E-state index is 6.40. The van der Waals surface area contributed by atoms with Crippen molar-refractivity contribution in [2.24, 2.45) is 5.73 Å². The van der Waals surface area contributed by atoms with E-state index in [2.05, 4.69) is 39.0 Å². The lowest BCUT2D eigenvalue weighted by atomic mass is 9.92. The maximum atomic E-state index is 6.40.